The zero-order valence-corrected chi connectivity index (χ0v) is 15.3. The van der Waals surface area contributed by atoms with Gasteiger partial charge in [-0.3, -0.25) is 9.48 Å². The smallest absolute Gasteiger partial charge is 0.255 e. The summed E-state index contributed by atoms with van der Waals surface area (Å²) in [5.41, 5.74) is 3.87. The van der Waals surface area contributed by atoms with Gasteiger partial charge in [-0.05, 0) is 30.4 Å². The number of fused-ring (bicyclic) bond motifs is 1. The van der Waals surface area contributed by atoms with Crippen molar-refractivity contribution in [2.75, 3.05) is 20.3 Å². The number of aryl methyl sites for hydroxylation is 1. The summed E-state index contributed by atoms with van der Waals surface area (Å²) in [4.78, 5) is 13.1. The molecule has 1 unspecified atom stereocenters. The van der Waals surface area contributed by atoms with Gasteiger partial charge in [0.25, 0.3) is 5.91 Å². The molecule has 2 aliphatic rings. The molecule has 1 atom stereocenters. The number of methoxy groups -OCH3 is 1. The van der Waals surface area contributed by atoms with Crippen LogP contribution in [-0.4, -0.2) is 36.0 Å². The molecule has 6 heteroatoms. The predicted molar refractivity (Wildman–Crippen MR) is 96.8 cm³/mol. The molecule has 138 valence electrons. The van der Waals surface area contributed by atoms with Gasteiger partial charge in [-0.25, -0.2) is 0 Å². The molecule has 1 aliphatic heterocycles. The van der Waals surface area contributed by atoms with Gasteiger partial charge >= 0.3 is 0 Å². The Kier molecular flexibility index (Phi) is 4.54. The quantitative estimate of drug-likeness (QED) is 0.915. The summed E-state index contributed by atoms with van der Waals surface area (Å²) in [5.74, 6) is -0.0854. The van der Waals surface area contributed by atoms with E-state index in [0.29, 0.717) is 17.9 Å². The van der Waals surface area contributed by atoms with Gasteiger partial charge in [0.15, 0.2) is 0 Å². The number of rotatable bonds is 4. The van der Waals surface area contributed by atoms with Crippen molar-refractivity contribution in [1.29, 1.82) is 0 Å². The van der Waals surface area contributed by atoms with Gasteiger partial charge in [-0.1, -0.05) is 24.3 Å². The SMILES string of the molecule is COCc1nn(C)cc1C(=O)NC1c2ccccc2CC12CCOCC2. The van der Waals surface area contributed by atoms with Crippen molar-refractivity contribution >= 4 is 5.91 Å². The number of hydrogen-bond acceptors (Lipinski definition) is 4. The van der Waals surface area contributed by atoms with Crippen LogP contribution in [0.1, 0.15) is 46.1 Å². The Morgan fingerprint density at radius 3 is 2.92 bits per heavy atom. The molecule has 0 bridgehead atoms. The van der Waals surface area contributed by atoms with Crippen molar-refractivity contribution in [2.24, 2.45) is 12.5 Å². The molecular weight excluding hydrogens is 330 g/mol. The van der Waals surface area contributed by atoms with Crippen LogP contribution in [0.15, 0.2) is 30.5 Å². The molecule has 6 nitrogen and oxygen atoms in total. The zero-order valence-electron chi connectivity index (χ0n) is 15.3. The van der Waals surface area contributed by atoms with Crippen molar-refractivity contribution in [3.05, 3.63) is 52.8 Å². The maximum absolute atomic E-state index is 13.1. The average molecular weight is 355 g/mol. The van der Waals surface area contributed by atoms with Crippen LogP contribution in [0.25, 0.3) is 0 Å². The van der Waals surface area contributed by atoms with Crippen LogP contribution in [0.2, 0.25) is 0 Å². The highest BCUT2D eigenvalue weighted by Crippen LogP contribution is 2.51. The summed E-state index contributed by atoms with van der Waals surface area (Å²) in [6.07, 6.45) is 4.69. The maximum Gasteiger partial charge on any atom is 0.255 e. The van der Waals surface area contributed by atoms with Gasteiger partial charge in [-0.2, -0.15) is 5.10 Å². The molecule has 0 saturated carbocycles. The molecule has 1 saturated heterocycles. The number of hydrogen-bond donors (Lipinski definition) is 1. The number of benzene rings is 1. The van der Waals surface area contributed by atoms with Crippen molar-refractivity contribution < 1.29 is 14.3 Å². The average Bonchev–Trinajstić information content (AvgIpc) is 3.14. The standard InChI is InChI=1S/C20H25N3O3/c1-23-12-16(17(22-23)13-25-2)19(24)21-18-15-6-4-3-5-14(15)11-20(18)7-9-26-10-8-20/h3-6,12,18H,7-11,13H2,1-2H3,(H,21,24). The lowest BCUT2D eigenvalue weighted by Crippen LogP contribution is -2.42. The van der Waals surface area contributed by atoms with Crippen molar-refractivity contribution in [3.63, 3.8) is 0 Å². The van der Waals surface area contributed by atoms with Crippen LogP contribution in [0, 0.1) is 5.41 Å². The summed E-state index contributed by atoms with van der Waals surface area (Å²) in [5, 5.41) is 7.68. The first-order chi connectivity index (χ1) is 12.6. The van der Waals surface area contributed by atoms with E-state index < -0.39 is 0 Å². The summed E-state index contributed by atoms with van der Waals surface area (Å²) in [7, 11) is 3.43. The number of nitrogens with zero attached hydrogens (tertiary/aromatic N) is 2. The van der Waals surface area contributed by atoms with E-state index in [1.165, 1.54) is 11.1 Å². The van der Waals surface area contributed by atoms with Crippen LogP contribution in [-0.2, 0) is 29.5 Å². The van der Waals surface area contributed by atoms with E-state index in [9.17, 15) is 4.79 Å². The molecule has 1 amide bonds. The van der Waals surface area contributed by atoms with Gasteiger partial charge in [0.05, 0.1) is 18.2 Å². The summed E-state index contributed by atoms with van der Waals surface area (Å²) in [6, 6.07) is 8.46. The highest BCUT2D eigenvalue weighted by molar-refractivity contribution is 5.95. The Hall–Kier alpha value is -2.18. The number of amides is 1. The van der Waals surface area contributed by atoms with E-state index in [1.807, 2.05) is 7.05 Å². The Bertz CT molecular complexity index is 808. The second-order valence-electron chi connectivity index (χ2n) is 7.35. The Labute approximate surface area is 153 Å². The molecule has 1 fully saturated rings. The molecule has 2 heterocycles. The molecule has 2 aromatic rings. The lowest BCUT2D eigenvalue weighted by Gasteiger charge is -2.39. The third kappa shape index (κ3) is 2.93. The molecule has 26 heavy (non-hydrogen) atoms. The van der Waals surface area contributed by atoms with E-state index in [-0.39, 0.29) is 17.4 Å². The highest BCUT2D eigenvalue weighted by atomic mass is 16.5. The fourth-order valence-electron chi connectivity index (χ4n) is 4.44. The molecule has 1 spiro atoms. The van der Waals surface area contributed by atoms with Crippen LogP contribution in [0.3, 0.4) is 0 Å². The van der Waals surface area contributed by atoms with Gasteiger partial charge < -0.3 is 14.8 Å². The van der Waals surface area contributed by atoms with Crippen LogP contribution < -0.4 is 5.32 Å². The van der Waals surface area contributed by atoms with Gasteiger partial charge in [-0.15, -0.1) is 0 Å². The molecule has 1 aliphatic carbocycles. The lowest BCUT2D eigenvalue weighted by molar-refractivity contribution is 0.000529. The molecule has 1 aromatic carbocycles. The van der Waals surface area contributed by atoms with E-state index in [2.05, 4.69) is 34.7 Å². The number of nitrogens with one attached hydrogen (secondary N) is 1. The van der Waals surface area contributed by atoms with Gasteiger partial charge in [0.2, 0.25) is 0 Å². The van der Waals surface area contributed by atoms with E-state index in [0.717, 1.165) is 32.5 Å². The minimum absolute atomic E-state index is 0.00528. The largest absolute Gasteiger partial charge is 0.381 e. The molecule has 1 N–H and O–H groups in total. The normalized spacial score (nSPS) is 20.9. The summed E-state index contributed by atoms with van der Waals surface area (Å²) >= 11 is 0. The van der Waals surface area contributed by atoms with Gasteiger partial charge in [0, 0.05) is 39.0 Å². The fourth-order valence-corrected chi connectivity index (χ4v) is 4.44. The maximum atomic E-state index is 13.1. The zero-order chi connectivity index (χ0) is 18.1. The van der Waals surface area contributed by atoms with Gasteiger partial charge in [0.1, 0.15) is 5.69 Å². The predicted octanol–water partition coefficient (Wildman–Crippen LogP) is 2.39. The van der Waals surface area contributed by atoms with Crippen molar-refractivity contribution in [3.8, 4) is 0 Å². The Morgan fingerprint density at radius 1 is 1.38 bits per heavy atom. The first-order valence-corrected chi connectivity index (χ1v) is 9.11. The van der Waals surface area contributed by atoms with Crippen molar-refractivity contribution in [2.45, 2.75) is 31.9 Å². The van der Waals surface area contributed by atoms with E-state index >= 15 is 0 Å². The molecule has 1 aromatic heterocycles. The Balaban J connectivity index is 1.65. The molecular formula is C20H25N3O3. The summed E-state index contributed by atoms with van der Waals surface area (Å²) in [6.45, 7) is 1.83. The Morgan fingerprint density at radius 2 is 2.15 bits per heavy atom. The van der Waals surface area contributed by atoms with Crippen molar-refractivity contribution in [1.82, 2.24) is 15.1 Å². The van der Waals surface area contributed by atoms with Crippen LogP contribution in [0.5, 0.6) is 0 Å². The first kappa shape index (κ1) is 17.2. The first-order valence-electron chi connectivity index (χ1n) is 9.11. The summed E-state index contributed by atoms with van der Waals surface area (Å²) < 4.78 is 12.5. The second kappa shape index (κ2) is 6.85. The molecule has 0 radical (unpaired) electrons. The van der Waals surface area contributed by atoms with E-state index in [1.54, 1.807) is 18.0 Å². The third-order valence-corrected chi connectivity index (χ3v) is 5.72. The lowest BCUT2D eigenvalue weighted by atomic mass is 9.74. The number of carbonyl (C=O) groups excluding carboxylic acids is 1. The topological polar surface area (TPSA) is 65.4 Å². The minimum atomic E-state index is -0.0854. The van der Waals surface area contributed by atoms with E-state index in [4.69, 9.17) is 9.47 Å². The third-order valence-electron chi connectivity index (χ3n) is 5.72. The molecule has 4 rings (SSSR count). The van der Waals surface area contributed by atoms with Crippen LogP contribution >= 0.6 is 0 Å². The van der Waals surface area contributed by atoms with Crippen LogP contribution in [0.4, 0.5) is 0 Å². The second-order valence-corrected chi connectivity index (χ2v) is 7.35. The monoisotopic (exact) mass is 355 g/mol. The number of aromatic nitrogens is 2. The fraction of sp³-hybridized carbons (Fsp3) is 0.500. The number of ether oxygens (including phenoxy) is 2. The minimum Gasteiger partial charge on any atom is -0.381 e. The number of carbonyl (C=O) groups is 1. The highest BCUT2D eigenvalue weighted by Gasteiger charge is 2.47.